The monoisotopic (exact) mass is 257 g/mol. The molecule has 3 nitrogen and oxygen atoms in total. The highest BCUT2D eigenvalue weighted by Gasteiger charge is 2.31. The Bertz CT molecular complexity index is 545. The summed E-state index contributed by atoms with van der Waals surface area (Å²) in [5, 5.41) is 0. The highest BCUT2D eigenvalue weighted by atomic mass is 16.6. The van der Waals surface area contributed by atoms with Gasteiger partial charge in [0.1, 0.15) is 0 Å². The molecule has 1 aromatic carbocycles. The molecular weight excluding hydrogens is 238 g/mol. The van der Waals surface area contributed by atoms with Gasteiger partial charge in [-0.25, -0.2) is 9.79 Å². The SMILES string of the molecule is CCc1ccc(/C=C2\N=C(C(C)(C)C)OC2=O)cc1. The Labute approximate surface area is 114 Å². The fourth-order valence-corrected chi connectivity index (χ4v) is 1.74. The lowest BCUT2D eigenvalue weighted by Gasteiger charge is -2.15. The van der Waals surface area contributed by atoms with Crippen molar-refractivity contribution in [2.45, 2.75) is 34.1 Å². The van der Waals surface area contributed by atoms with Crippen molar-refractivity contribution < 1.29 is 9.53 Å². The number of carbonyl (C=O) groups excluding carboxylic acids is 1. The minimum Gasteiger partial charge on any atom is -0.406 e. The molecule has 0 aromatic heterocycles. The number of aliphatic imine (C=N–C) groups is 1. The number of benzene rings is 1. The molecule has 1 heterocycles. The summed E-state index contributed by atoms with van der Waals surface area (Å²) in [6, 6.07) is 8.09. The molecular formula is C16H19NO2. The first-order valence-corrected chi connectivity index (χ1v) is 6.52. The summed E-state index contributed by atoms with van der Waals surface area (Å²) >= 11 is 0. The number of rotatable bonds is 2. The van der Waals surface area contributed by atoms with Gasteiger partial charge in [0.05, 0.1) is 0 Å². The molecule has 0 saturated carbocycles. The second-order valence-corrected chi connectivity index (χ2v) is 5.68. The molecule has 19 heavy (non-hydrogen) atoms. The highest BCUT2D eigenvalue weighted by molar-refractivity contribution is 6.08. The van der Waals surface area contributed by atoms with Gasteiger partial charge in [-0.2, -0.15) is 0 Å². The van der Waals surface area contributed by atoms with Crippen LogP contribution in [0.2, 0.25) is 0 Å². The number of ether oxygens (including phenoxy) is 1. The van der Waals surface area contributed by atoms with Gasteiger partial charge in [0.2, 0.25) is 5.90 Å². The zero-order valence-corrected chi connectivity index (χ0v) is 11.9. The minimum absolute atomic E-state index is 0.253. The summed E-state index contributed by atoms with van der Waals surface area (Å²) in [7, 11) is 0. The van der Waals surface area contributed by atoms with E-state index in [0.717, 1.165) is 12.0 Å². The van der Waals surface area contributed by atoms with Crippen LogP contribution in [0, 0.1) is 5.41 Å². The first-order chi connectivity index (χ1) is 8.90. The fraction of sp³-hybridized carbons (Fsp3) is 0.375. The summed E-state index contributed by atoms with van der Waals surface area (Å²) in [5.74, 6) is 0.110. The van der Waals surface area contributed by atoms with E-state index in [1.165, 1.54) is 5.56 Å². The molecule has 0 atom stereocenters. The molecule has 2 rings (SSSR count). The van der Waals surface area contributed by atoms with E-state index < -0.39 is 0 Å². The number of nitrogens with zero attached hydrogens (tertiary/aromatic N) is 1. The molecule has 0 amide bonds. The number of carbonyl (C=O) groups is 1. The molecule has 0 radical (unpaired) electrons. The summed E-state index contributed by atoms with van der Waals surface area (Å²) in [4.78, 5) is 16.0. The summed E-state index contributed by atoms with van der Waals surface area (Å²) in [6.07, 6.45) is 2.77. The topological polar surface area (TPSA) is 38.7 Å². The molecule has 0 saturated heterocycles. The Morgan fingerprint density at radius 2 is 1.84 bits per heavy atom. The number of hydrogen-bond acceptors (Lipinski definition) is 3. The zero-order chi connectivity index (χ0) is 14.0. The lowest BCUT2D eigenvalue weighted by Crippen LogP contribution is -2.21. The Kier molecular flexibility index (Phi) is 3.56. The molecule has 1 aliphatic rings. The number of hydrogen-bond donors (Lipinski definition) is 0. The first-order valence-electron chi connectivity index (χ1n) is 6.52. The van der Waals surface area contributed by atoms with Crippen LogP contribution in [0.3, 0.4) is 0 Å². The average molecular weight is 257 g/mol. The molecule has 100 valence electrons. The van der Waals surface area contributed by atoms with Crippen LogP contribution in [0.5, 0.6) is 0 Å². The van der Waals surface area contributed by atoms with Gasteiger partial charge in [0.25, 0.3) is 0 Å². The van der Waals surface area contributed by atoms with E-state index in [-0.39, 0.29) is 11.4 Å². The van der Waals surface area contributed by atoms with Crippen molar-refractivity contribution in [1.82, 2.24) is 0 Å². The lowest BCUT2D eigenvalue weighted by atomic mass is 9.97. The average Bonchev–Trinajstić information content (AvgIpc) is 2.72. The molecule has 3 heteroatoms. The Morgan fingerprint density at radius 3 is 2.32 bits per heavy atom. The molecule has 0 aliphatic carbocycles. The van der Waals surface area contributed by atoms with Crippen LogP contribution >= 0.6 is 0 Å². The van der Waals surface area contributed by atoms with E-state index in [1.807, 2.05) is 32.9 Å². The molecule has 0 fully saturated rings. The largest absolute Gasteiger partial charge is 0.406 e. The van der Waals surface area contributed by atoms with Gasteiger partial charge in [0.15, 0.2) is 5.70 Å². The van der Waals surface area contributed by atoms with Gasteiger partial charge in [-0.15, -0.1) is 0 Å². The van der Waals surface area contributed by atoms with Crippen molar-refractivity contribution in [2.75, 3.05) is 0 Å². The van der Waals surface area contributed by atoms with Gasteiger partial charge in [-0.05, 0) is 23.6 Å². The smallest absolute Gasteiger partial charge is 0.363 e. The standard InChI is InChI=1S/C16H19NO2/c1-5-11-6-8-12(9-7-11)10-13-14(18)19-15(17-13)16(2,3)4/h6-10H,5H2,1-4H3/b13-10-. The van der Waals surface area contributed by atoms with E-state index >= 15 is 0 Å². The van der Waals surface area contributed by atoms with Crippen LogP contribution in [0.15, 0.2) is 35.0 Å². The molecule has 0 bridgehead atoms. The maximum Gasteiger partial charge on any atom is 0.363 e. The van der Waals surface area contributed by atoms with E-state index in [2.05, 4.69) is 24.0 Å². The van der Waals surface area contributed by atoms with Crippen LogP contribution in [-0.2, 0) is 16.0 Å². The van der Waals surface area contributed by atoms with E-state index in [9.17, 15) is 4.79 Å². The van der Waals surface area contributed by atoms with Crippen molar-refractivity contribution in [3.05, 3.63) is 41.1 Å². The van der Waals surface area contributed by atoms with Crippen LogP contribution in [-0.4, -0.2) is 11.9 Å². The zero-order valence-electron chi connectivity index (χ0n) is 11.9. The first kappa shape index (κ1) is 13.5. The quantitative estimate of drug-likeness (QED) is 0.600. The summed E-state index contributed by atoms with van der Waals surface area (Å²) in [6.45, 7) is 8.02. The van der Waals surface area contributed by atoms with Gasteiger partial charge in [-0.1, -0.05) is 52.0 Å². The van der Waals surface area contributed by atoms with Gasteiger partial charge < -0.3 is 4.74 Å². The van der Waals surface area contributed by atoms with E-state index in [4.69, 9.17) is 4.74 Å². The van der Waals surface area contributed by atoms with Crippen molar-refractivity contribution in [3.63, 3.8) is 0 Å². The second kappa shape index (κ2) is 5.00. The highest BCUT2D eigenvalue weighted by Crippen LogP contribution is 2.25. The Balaban J connectivity index is 2.27. The predicted molar refractivity (Wildman–Crippen MR) is 76.8 cm³/mol. The molecule has 0 spiro atoms. The van der Waals surface area contributed by atoms with Gasteiger partial charge in [0, 0.05) is 5.41 Å². The van der Waals surface area contributed by atoms with Crippen LogP contribution in [0.25, 0.3) is 6.08 Å². The predicted octanol–water partition coefficient (Wildman–Crippen LogP) is 3.59. The van der Waals surface area contributed by atoms with Crippen molar-refractivity contribution >= 4 is 17.9 Å². The second-order valence-electron chi connectivity index (χ2n) is 5.68. The molecule has 0 unspecified atom stereocenters. The molecule has 0 N–H and O–H groups in total. The molecule has 1 aromatic rings. The fourth-order valence-electron chi connectivity index (χ4n) is 1.74. The number of cyclic esters (lactones) is 1. The third-order valence-electron chi connectivity index (χ3n) is 2.95. The maximum absolute atomic E-state index is 11.8. The third kappa shape index (κ3) is 3.11. The number of esters is 1. The van der Waals surface area contributed by atoms with Crippen molar-refractivity contribution in [2.24, 2.45) is 10.4 Å². The summed E-state index contributed by atoms with van der Waals surface area (Å²) < 4.78 is 5.20. The Morgan fingerprint density at radius 1 is 1.21 bits per heavy atom. The van der Waals surface area contributed by atoms with E-state index in [1.54, 1.807) is 6.08 Å². The maximum atomic E-state index is 11.8. The summed E-state index contributed by atoms with van der Waals surface area (Å²) in [5.41, 5.74) is 2.35. The van der Waals surface area contributed by atoms with E-state index in [0.29, 0.717) is 11.6 Å². The normalized spacial score (nSPS) is 17.6. The van der Waals surface area contributed by atoms with Crippen LogP contribution in [0.1, 0.15) is 38.8 Å². The van der Waals surface area contributed by atoms with Crippen molar-refractivity contribution in [3.8, 4) is 0 Å². The minimum atomic E-state index is -0.371. The third-order valence-corrected chi connectivity index (χ3v) is 2.95. The van der Waals surface area contributed by atoms with Crippen LogP contribution in [0.4, 0.5) is 0 Å². The van der Waals surface area contributed by atoms with Gasteiger partial charge in [-0.3, -0.25) is 0 Å². The Hall–Kier alpha value is -1.90. The lowest BCUT2D eigenvalue weighted by molar-refractivity contribution is -0.130. The van der Waals surface area contributed by atoms with Crippen LogP contribution < -0.4 is 0 Å². The molecule has 1 aliphatic heterocycles. The van der Waals surface area contributed by atoms with Crippen molar-refractivity contribution in [1.29, 1.82) is 0 Å². The van der Waals surface area contributed by atoms with Gasteiger partial charge >= 0.3 is 5.97 Å². The number of aryl methyl sites for hydroxylation is 1.